The van der Waals surface area contributed by atoms with Gasteiger partial charge in [-0.25, -0.2) is 26.7 Å². The normalized spacial score (nSPS) is 19.2. The maximum atomic E-state index is 12.1. The van der Waals surface area contributed by atoms with Crippen LogP contribution in [0.3, 0.4) is 0 Å². The SMILES string of the molecule is CS(=O)(=O)NC1CCCN(CCC(=O)Nc2cccc(S(N)(=O)=O)c2)C1. The number of benzene rings is 1. The lowest BCUT2D eigenvalue weighted by Crippen LogP contribution is -2.47. The summed E-state index contributed by atoms with van der Waals surface area (Å²) in [6.07, 6.45) is 2.97. The minimum atomic E-state index is -3.83. The molecule has 1 heterocycles. The summed E-state index contributed by atoms with van der Waals surface area (Å²) in [5.41, 5.74) is 0.358. The van der Waals surface area contributed by atoms with Gasteiger partial charge in [-0.3, -0.25) is 4.79 Å². The second-order valence-electron chi connectivity index (χ2n) is 6.40. The number of nitrogens with zero attached hydrogens (tertiary/aromatic N) is 1. The molecule has 0 saturated carbocycles. The maximum Gasteiger partial charge on any atom is 0.238 e. The Kier molecular flexibility index (Phi) is 6.74. The molecule has 1 aliphatic heterocycles. The number of amides is 1. The van der Waals surface area contributed by atoms with Crippen LogP contribution >= 0.6 is 0 Å². The molecule has 0 aromatic heterocycles. The molecule has 26 heavy (non-hydrogen) atoms. The first-order chi connectivity index (χ1) is 12.0. The van der Waals surface area contributed by atoms with Gasteiger partial charge in [-0.2, -0.15) is 0 Å². The second-order valence-corrected chi connectivity index (χ2v) is 9.74. The van der Waals surface area contributed by atoms with Gasteiger partial charge in [0.05, 0.1) is 11.2 Å². The largest absolute Gasteiger partial charge is 0.326 e. The number of sulfonamides is 2. The zero-order valence-electron chi connectivity index (χ0n) is 14.5. The number of hydrogen-bond acceptors (Lipinski definition) is 6. The van der Waals surface area contributed by atoms with Crippen molar-refractivity contribution in [1.29, 1.82) is 0 Å². The predicted molar refractivity (Wildman–Crippen MR) is 98.5 cm³/mol. The van der Waals surface area contributed by atoms with Crippen LogP contribution in [-0.2, 0) is 24.8 Å². The molecular formula is C15H24N4O5S2. The summed E-state index contributed by atoms with van der Waals surface area (Å²) in [6, 6.07) is 5.60. The molecule has 11 heteroatoms. The Hall–Kier alpha value is -1.53. The highest BCUT2D eigenvalue weighted by atomic mass is 32.2. The van der Waals surface area contributed by atoms with E-state index in [0.29, 0.717) is 18.8 Å². The van der Waals surface area contributed by atoms with Crippen molar-refractivity contribution >= 4 is 31.6 Å². The minimum Gasteiger partial charge on any atom is -0.326 e. The Bertz CT molecular complexity index is 855. The van der Waals surface area contributed by atoms with Crippen molar-refractivity contribution in [3.63, 3.8) is 0 Å². The number of piperidine rings is 1. The second kappa shape index (κ2) is 8.44. The van der Waals surface area contributed by atoms with Crippen LogP contribution in [0.1, 0.15) is 19.3 Å². The van der Waals surface area contributed by atoms with Crippen LogP contribution < -0.4 is 15.2 Å². The van der Waals surface area contributed by atoms with Gasteiger partial charge in [-0.1, -0.05) is 6.07 Å². The van der Waals surface area contributed by atoms with E-state index in [-0.39, 0.29) is 23.3 Å². The number of anilines is 1. The van der Waals surface area contributed by atoms with E-state index in [1.807, 2.05) is 4.90 Å². The molecule has 1 saturated heterocycles. The lowest BCUT2D eigenvalue weighted by Gasteiger charge is -2.32. The Morgan fingerprint density at radius 2 is 2.04 bits per heavy atom. The van der Waals surface area contributed by atoms with E-state index in [1.54, 1.807) is 6.07 Å². The smallest absolute Gasteiger partial charge is 0.238 e. The van der Waals surface area contributed by atoms with Gasteiger partial charge in [-0.15, -0.1) is 0 Å². The molecule has 0 radical (unpaired) electrons. The van der Waals surface area contributed by atoms with Crippen molar-refractivity contribution < 1.29 is 21.6 Å². The monoisotopic (exact) mass is 404 g/mol. The van der Waals surface area contributed by atoms with E-state index in [9.17, 15) is 21.6 Å². The average Bonchev–Trinajstić information content (AvgIpc) is 2.51. The van der Waals surface area contributed by atoms with E-state index in [0.717, 1.165) is 25.6 Å². The van der Waals surface area contributed by atoms with E-state index in [4.69, 9.17) is 5.14 Å². The van der Waals surface area contributed by atoms with Gasteiger partial charge in [0.15, 0.2) is 0 Å². The molecule has 2 rings (SSSR count). The van der Waals surface area contributed by atoms with Crippen molar-refractivity contribution in [2.24, 2.45) is 5.14 Å². The van der Waals surface area contributed by atoms with E-state index in [1.165, 1.54) is 18.2 Å². The Morgan fingerprint density at radius 3 is 2.69 bits per heavy atom. The summed E-state index contributed by atoms with van der Waals surface area (Å²) in [5, 5.41) is 7.72. The lowest BCUT2D eigenvalue weighted by molar-refractivity contribution is -0.116. The Labute approximate surface area is 154 Å². The molecule has 9 nitrogen and oxygen atoms in total. The van der Waals surface area contributed by atoms with Gasteiger partial charge in [0.1, 0.15) is 0 Å². The highest BCUT2D eigenvalue weighted by molar-refractivity contribution is 7.89. The predicted octanol–water partition coefficient (Wildman–Crippen LogP) is -0.324. The highest BCUT2D eigenvalue weighted by Gasteiger charge is 2.22. The number of primary sulfonamides is 1. The summed E-state index contributed by atoms with van der Waals surface area (Å²) >= 11 is 0. The van der Waals surface area contributed by atoms with Gasteiger partial charge >= 0.3 is 0 Å². The molecule has 0 aliphatic carbocycles. The number of likely N-dealkylation sites (tertiary alicyclic amines) is 1. The van der Waals surface area contributed by atoms with Crippen LogP contribution in [0, 0.1) is 0 Å². The average molecular weight is 405 g/mol. The maximum absolute atomic E-state index is 12.1. The number of hydrogen-bond donors (Lipinski definition) is 3. The van der Waals surface area contributed by atoms with Crippen LogP contribution in [0.2, 0.25) is 0 Å². The van der Waals surface area contributed by atoms with Gasteiger partial charge in [0, 0.05) is 31.2 Å². The molecule has 1 aromatic carbocycles. The molecule has 1 aromatic rings. The standard InChI is InChI=1S/C15H24N4O5S2/c1-25(21,22)18-13-5-3-8-19(11-13)9-7-15(20)17-12-4-2-6-14(10-12)26(16,23)24/h2,4,6,10,13,18H,3,5,7-9,11H2,1H3,(H,17,20)(H2,16,23,24). The van der Waals surface area contributed by atoms with Gasteiger partial charge in [-0.05, 0) is 37.6 Å². The van der Waals surface area contributed by atoms with Crippen LogP contribution in [0.15, 0.2) is 29.2 Å². The lowest BCUT2D eigenvalue weighted by atomic mass is 10.1. The quantitative estimate of drug-likeness (QED) is 0.569. The van der Waals surface area contributed by atoms with E-state index in [2.05, 4.69) is 10.0 Å². The van der Waals surface area contributed by atoms with Crippen molar-refractivity contribution in [3.05, 3.63) is 24.3 Å². The number of carbonyl (C=O) groups excluding carboxylic acids is 1. The molecule has 1 atom stereocenters. The third-order valence-electron chi connectivity index (χ3n) is 3.99. The molecule has 1 aliphatic rings. The molecule has 1 fully saturated rings. The molecule has 1 amide bonds. The van der Waals surface area contributed by atoms with Crippen LogP contribution in [0.25, 0.3) is 0 Å². The number of nitrogens with one attached hydrogen (secondary N) is 2. The Balaban J connectivity index is 1.85. The Morgan fingerprint density at radius 1 is 1.31 bits per heavy atom. The fraction of sp³-hybridized carbons (Fsp3) is 0.533. The summed E-state index contributed by atoms with van der Waals surface area (Å²) in [4.78, 5) is 14.1. The fourth-order valence-corrected chi connectivity index (χ4v) is 4.25. The number of rotatable bonds is 7. The summed E-state index contributed by atoms with van der Waals surface area (Å²) in [7, 11) is -7.08. The first-order valence-corrected chi connectivity index (χ1v) is 11.6. The number of nitrogens with two attached hydrogens (primary N) is 1. The summed E-state index contributed by atoms with van der Waals surface area (Å²) < 4.78 is 47.9. The van der Waals surface area contributed by atoms with Crippen LogP contribution in [0.5, 0.6) is 0 Å². The fourth-order valence-electron chi connectivity index (χ4n) is 2.89. The van der Waals surface area contributed by atoms with Gasteiger partial charge in [0.2, 0.25) is 26.0 Å². The third kappa shape index (κ3) is 7.00. The molecule has 146 valence electrons. The highest BCUT2D eigenvalue weighted by Crippen LogP contribution is 2.15. The third-order valence-corrected chi connectivity index (χ3v) is 5.66. The van der Waals surface area contributed by atoms with Crippen molar-refractivity contribution in [2.45, 2.75) is 30.2 Å². The van der Waals surface area contributed by atoms with Gasteiger partial charge < -0.3 is 10.2 Å². The van der Waals surface area contributed by atoms with E-state index >= 15 is 0 Å². The zero-order valence-corrected chi connectivity index (χ0v) is 16.1. The zero-order chi connectivity index (χ0) is 19.4. The summed E-state index contributed by atoms with van der Waals surface area (Å²) in [5.74, 6) is -0.255. The van der Waals surface area contributed by atoms with Crippen molar-refractivity contribution in [3.8, 4) is 0 Å². The van der Waals surface area contributed by atoms with E-state index < -0.39 is 20.0 Å². The molecule has 0 bridgehead atoms. The first kappa shape index (κ1) is 20.8. The van der Waals surface area contributed by atoms with Gasteiger partial charge in [0.25, 0.3) is 0 Å². The molecule has 1 unspecified atom stereocenters. The molecular weight excluding hydrogens is 380 g/mol. The van der Waals surface area contributed by atoms with Crippen LogP contribution in [-0.4, -0.2) is 59.6 Å². The van der Waals surface area contributed by atoms with Crippen molar-refractivity contribution in [2.75, 3.05) is 31.2 Å². The molecule has 0 spiro atoms. The summed E-state index contributed by atoms with van der Waals surface area (Å²) in [6.45, 7) is 1.85. The minimum absolute atomic E-state index is 0.0685. The van der Waals surface area contributed by atoms with Crippen LogP contribution in [0.4, 0.5) is 5.69 Å². The first-order valence-electron chi connectivity index (χ1n) is 8.15. The topological polar surface area (TPSA) is 139 Å². The number of carbonyl (C=O) groups is 1. The van der Waals surface area contributed by atoms with Crippen molar-refractivity contribution in [1.82, 2.24) is 9.62 Å². The molecule has 4 N–H and O–H groups in total.